The van der Waals surface area contributed by atoms with Crippen LogP contribution in [0.5, 0.6) is 0 Å². The van der Waals surface area contributed by atoms with Crippen LogP contribution < -0.4 is 5.32 Å². The zero-order chi connectivity index (χ0) is 13.7. The van der Waals surface area contributed by atoms with Crippen LogP contribution in [0.15, 0.2) is 12.1 Å². The highest BCUT2D eigenvalue weighted by Crippen LogP contribution is 2.27. The fourth-order valence-corrected chi connectivity index (χ4v) is 2.03. The van der Waals surface area contributed by atoms with E-state index in [1.165, 1.54) is 13.0 Å². The van der Waals surface area contributed by atoms with Crippen LogP contribution in [0.2, 0.25) is 0 Å². The van der Waals surface area contributed by atoms with Gasteiger partial charge in [0.05, 0.1) is 11.0 Å². The molecule has 0 saturated heterocycles. The Morgan fingerprint density at radius 1 is 1.50 bits per heavy atom. The molecule has 0 fully saturated rings. The van der Waals surface area contributed by atoms with Gasteiger partial charge in [-0.25, -0.2) is 4.39 Å². The molecule has 0 aliphatic carbocycles. The van der Waals surface area contributed by atoms with E-state index < -0.39 is 21.5 Å². The first-order valence-electron chi connectivity index (χ1n) is 5.49. The average Bonchev–Trinajstić information content (AvgIpc) is 2.32. The number of aryl methyl sites for hydroxylation is 1. The Bertz CT molecular complexity index is 480. The van der Waals surface area contributed by atoms with Crippen molar-refractivity contribution in [1.82, 2.24) is 0 Å². The van der Waals surface area contributed by atoms with E-state index in [9.17, 15) is 18.7 Å². The van der Waals surface area contributed by atoms with Crippen LogP contribution in [0.25, 0.3) is 0 Å². The van der Waals surface area contributed by atoms with Crippen molar-refractivity contribution >= 4 is 22.2 Å². The van der Waals surface area contributed by atoms with Crippen LogP contribution >= 0.6 is 0 Å². The third kappa shape index (κ3) is 3.76. The standard InChI is InChI=1S/C11H15FN2O3S/c1-3-18(17)5-4-13-10-6-8(2)9(12)7-11(10)14(15)16/h6-7,13H,3-5H2,1-2H3. The Balaban J connectivity index is 2.83. The van der Waals surface area contributed by atoms with Crippen LogP contribution in [0.1, 0.15) is 12.5 Å². The summed E-state index contributed by atoms with van der Waals surface area (Å²) >= 11 is 0. The summed E-state index contributed by atoms with van der Waals surface area (Å²) in [6.45, 7) is 3.70. The topological polar surface area (TPSA) is 72.2 Å². The highest BCUT2D eigenvalue weighted by molar-refractivity contribution is 7.84. The summed E-state index contributed by atoms with van der Waals surface area (Å²) in [5, 5.41) is 13.6. The van der Waals surface area contributed by atoms with Crippen LogP contribution in [0, 0.1) is 22.9 Å². The quantitative estimate of drug-likeness (QED) is 0.637. The summed E-state index contributed by atoms with van der Waals surface area (Å²) in [6.07, 6.45) is 0. The first kappa shape index (κ1) is 14.6. The Morgan fingerprint density at radius 3 is 2.72 bits per heavy atom. The Hall–Kier alpha value is -1.50. The van der Waals surface area contributed by atoms with Gasteiger partial charge in [-0.2, -0.15) is 0 Å². The van der Waals surface area contributed by atoms with Gasteiger partial charge >= 0.3 is 0 Å². The lowest BCUT2D eigenvalue weighted by Gasteiger charge is -2.08. The second-order valence-corrected chi connectivity index (χ2v) is 5.60. The molecule has 0 bridgehead atoms. The molecule has 7 heteroatoms. The van der Waals surface area contributed by atoms with Gasteiger partial charge in [-0.1, -0.05) is 6.92 Å². The number of halogens is 1. The molecule has 0 radical (unpaired) electrons. The highest BCUT2D eigenvalue weighted by Gasteiger charge is 2.16. The van der Waals surface area contributed by atoms with Crippen LogP contribution in [0.4, 0.5) is 15.8 Å². The van der Waals surface area contributed by atoms with E-state index in [1.807, 2.05) is 0 Å². The van der Waals surface area contributed by atoms with Gasteiger partial charge in [0, 0.05) is 28.9 Å². The van der Waals surface area contributed by atoms with E-state index in [0.717, 1.165) is 6.07 Å². The Morgan fingerprint density at radius 2 is 2.17 bits per heavy atom. The molecule has 5 nitrogen and oxygen atoms in total. The predicted molar refractivity (Wildman–Crippen MR) is 69.8 cm³/mol. The molecule has 0 aromatic heterocycles. The average molecular weight is 274 g/mol. The first-order valence-corrected chi connectivity index (χ1v) is 6.98. The Labute approximate surface area is 107 Å². The summed E-state index contributed by atoms with van der Waals surface area (Å²) < 4.78 is 24.5. The number of rotatable bonds is 6. The molecule has 1 rings (SSSR count). The van der Waals surface area contributed by atoms with Crippen molar-refractivity contribution in [3.05, 3.63) is 33.6 Å². The van der Waals surface area contributed by atoms with Gasteiger partial charge in [-0.3, -0.25) is 14.3 Å². The van der Waals surface area contributed by atoms with Gasteiger partial charge in [0.25, 0.3) is 5.69 Å². The summed E-state index contributed by atoms with van der Waals surface area (Å²) in [7, 11) is -0.934. The van der Waals surface area contributed by atoms with Crippen molar-refractivity contribution in [2.45, 2.75) is 13.8 Å². The van der Waals surface area contributed by atoms with Gasteiger partial charge in [0.1, 0.15) is 11.5 Å². The molecule has 1 N–H and O–H groups in total. The lowest BCUT2D eigenvalue weighted by atomic mass is 10.2. The maximum Gasteiger partial charge on any atom is 0.295 e. The van der Waals surface area contributed by atoms with Crippen molar-refractivity contribution in [2.24, 2.45) is 0 Å². The van der Waals surface area contributed by atoms with Gasteiger partial charge < -0.3 is 5.32 Å². The molecular formula is C11H15FN2O3S. The normalized spacial score (nSPS) is 12.2. The molecular weight excluding hydrogens is 259 g/mol. The molecule has 1 aromatic rings. The minimum atomic E-state index is -0.934. The summed E-state index contributed by atoms with van der Waals surface area (Å²) in [4.78, 5) is 10.1. The van der Waals surface area contributed by atoms with Crippen molar-refractivity contribution in [3.63, 3.8) is 0 Å². The highest BCUT2D eigenvalue weighted by atomic mass is 32.2. The number of anilines is 1. The van der Waals surface area contributed by atoms with Gasteiger partial charge in [0.2, 0.25) is 0 Å². The van der Waals surface area contributed by atoms with E-state index >= 15 is 0 Å². The molecule has 0 heterocycles. The zero-order valence-corrected chi connectivity index (χ0v) is 11.1. The smallest absolute Gasteiger partial charge is 0.295 e. The van der Waals surface area contributed by atoms with E-state index in [-0.39, 0.29) is 11.4 Å². The monoisotopic (exact) mass is 274 g/mol. The number of nitrogens with one attached hydrogen (secondary N) is 1. The Kier molecular flexibility index (Phi) is 5.21. The third-order valence-corrected chi connectivity index (χ3v) is 3.74. The minimum Gasteiger partial charge on any atom is -0.379 e. The number of hydrogen-bond acceptors (Lipinski definition) is 4. The molecule has 0 saturated carbocycles. The van der Waals surface area contributed by atoms with Crippen LogP contribution in [-0.4, -0.2) is 27.2 Å². The predicted octanol–water partition coefficient (Wildman–Crippen LogP) is 2.22. The molecule has 0 aliphatic rings. The van der Waals surface area contributed by atoms with E-state index in [0.29, 0.717) is 23.6 Å². The summed E-state index contributed by atoms with van der Waals surface area (Å²) in [5.74, 6) is 0.348. The lowest BCUT2D eigenvalue weighted by Crippen LogP contribution is -2.13. The molecule has 0 spiro atoms. The molecule has 1 aromatic carbocycles. The van der Waals surface area contributed by atoms with Gasteiger partial charge in [0.15, 0.2) is 0 Å². The number of nitro benzene ring substituents is 1. The fraction of sp³-hybridized carbons (Fsp3) is 0.455. The van der Waals surface area contributed by atoms with Crippen molar-refractivity contribution in [3.8, 4) is 0 Å². The van der Waals surface area contributed by atoms with Crippen molar-refractivity contribution < 1.29 is 13.5 Å². The van der Waals surface area contributed by atoms with Gasteiger partial charge in [-0.05, 0) is 18.6 Å². The van der Waals surface area contributed by atoms with Crippen LogP contribution in [-0.2, 0) is 10.8 Å². The maximum atomic E-state index is 13.2. The maximum absolute atomic E-state index is 13.2. The number of hydrogen-bond donors (Lipinski definition) is 1. The van der Waals surface area contributed by atoms with Crippen LogP contribution in [0.3, 0.4) is 0 Å². The van der Waals surface area contributed by atoms with E-state index in [2.05, 4.69) is 5.32 Å². The largest absolute Gasteiger partial charge is 0.379 e. The first-order chi connectivity index (χ1) is 8.45. The second kappa shape index (κ2) is 6.44. The van der Waals surface area contributed by atoms with Crippen molar-refractivity contribution in [2.75, 3.05) is 23.4 Å². The molecule has 0 amide bonds. The number of nitrogens with zero attached hydrogens (tertiary/aromatic N) is 1. The van der Waals surface area contributed by atoms with Crippen molar-refractivity contribution in [1.29, 1.82) is 0 Å². The molecule has 100 valence electrons. The molecule has 0 aliphatic heterocycles. The molecule has 18 heavy (non-hydrogen) atoms. The van der Waals surface area contributed by atoms with E-state index in [1.54, 1.807) is 6.92 Å². The lowest BCUT2D eigenvalue weighted by molar-refractivity contribution is -0.384. The fourth-order valence-electron chi connectivity index (χ4n) is 1.41. The molecule has 1 atom stereocenters. The number of nitro groups is 1. The molecule has 1 unspecified atom stereocenters. The SMILES string of the molecule is CCS(=O)CCNc1cc(C)c(F)cc1[N+](=O)[O-]. The van der Waals surface area contributed by atoms with E-state index in [4.69, 9.17) is 0 Å². The summed E-state index contributed by atoms with van der Waals surface area (Å²) in [5.41, 5.74) is 0.284. The number of benzene rings is 1. The third-order valence-electron chi connectivity index (χ3n) is 2.44. The second-order valence-electron chi connectivity index (χ2n) is 3.74. The summed E-state index contributed by atoms with van der Waals surface area (Å²) in [6, 6.07) is 2.29. The van der Waals surface area contributed by atoms with Gasteiger partial charge in [-0.15, -0.1) is 0 Å². The minimum absolute atomic E-state index is 0.256. The zero-order valence-electron chi connectivity index (χ0n) is 10.2.